The molecule has 3 nitrogen and oxygen atoms in total. The van der Waals surface area contributed by atoms with Crippen molar-refractivity contribution in [3.63, 3.8) is 0 Å². The Morgan fingerprint density at radius 1 is 0.421 bits per heavy atom. The van der Waals surface area contributed by atoms with E-state index in [9.17, 15) is 0 Å². The van der Waals surface area contributed by atoms with Crippen LogP contribution in [0.4, 0.5) is 0 Å². The first kappa shape index (κ1) is 21.5. The molecule has 0 N–H and O–H groups in total. The zero-order valence-electron chi connectivity index (χ0n) is 20.5. The average Bonchev–Trinajstić information content (AvgIpc) is 3.63. The van der Waals surface area contributed by atoms with Crippen molar-refractivity contribution in [2.45, 2.75) is 0 Å². The summed E-state index contributed by atoms with van der Waals surface area (Å²) in [7, 11) is -3.36. The molecule has 0 bridgehead atoms. The zero-order valence-corrected chi connectivity index (χ0v) is 21.4. The summed E-state index contributed by atoms with van der Waals surface area (Å²) in [4.78, 5) is 0. The van der Waals surface area contributed by atoms with Gasteiger partial charge in [-0.2, -0.15) is 0 Å². The minimum Gasteiger partial charge on any atom is -0.269 e. The fourth-order valence-corrected chi connectivity index (χ4v) is 9.03. The van der Waals surface area contributed by atoms with Crippen LogP contribution >= 0.6 is 7.44 Å². The topological polar surface area (TPSA) is 26.9 Å². The third-order valence-corrected chi connectivity index (χ3v) is 10.5. The molecule has 1 aliphatic rings. The third kappa shape index (κ3) is 2.94. The Hall–Kier alpha value is -4.59. The lowest BCUT2D eigenvalue weighted by molar-refractivity contribution is 0.574. The monoisotopic (exact) mass is 506 g/mol. The highest BCUT2D eigenvalue weighted by Crippen LogP contribution is 2.62. The van der Waals surface area contributed by atoms with Crippen molar-refractivity contribution in [2.75, 3.05) is 0 Å². The summed E-state index contributed by atoms with van der Waals surface area (Å²) < 4.78 is 20.1. The van der Waals surface area contributed by atoms with Crippen LogP contribution in [0.2, 0.25) is 0 Å². The fourth-order valence-electron chi connectivity index (χ4n) is 5.92. The zero-order chi connectivity index (χ0) is 25.3. The van der Waals surface area contributed by atoms with E-state index in [2.05, 4.69) is 112 Å². The minimum atomic E-state index is -3.36. The third-order valence-electron chi connectivity index (χ3n) is 7.64. The van der Waals surface area contributed by atoms with Gasteiger partial charge in [-0.05, 0) is 64.7 Å². The molecule has 5 aromatic carbocycles. The normalized spacial score (nSPS) is 13.6. The minimum absolute atomic E-state index is 0.820. The smallest absolute Gasteiger partial charge is 0.269 e. The van der Waals surface area contributed by atoms with Gasteiger partial charge in [0, 0.05) is 10.8 Å². The predicted octanol–water partition coefficient (Wildman–Crippen LogP) is 8.83. The quantitative estimate of drug-likeness (QED) is 0.220. The second-order valence-corrected chi connectivity index (χ2v) is 12.2. The van der Waals surface area contributed by atoms with Crippen molar-refractivity contribution in [3.8, 4) is 33.6 Å². The van der Waals surface area contributed by atoms with Crippen LogP contribution in [0.25, 0.3) is 55.4 Å². The molecule has 0 saturated heterocycles. The van der Waals surface area contributed by atoms with Gasteiger partial charge in [-0.1, -0.05) is 97.1 Å². The number of nitrogens with zero attached hydrogens (tertiary/aromatic N) is 2. The number of aromatic nitrogens is 2. The summed E-state index contributed by atoms with van der Waals surface area (Å²) in [5, 5.41) is 3.02. The van der Waals surface area contributed by atoms with Gasteiger partial charge < -0.3 is 0 Å². The van der Waals surface area contributed by atoms with Crippen LogP contribution in [0.5, 0.6) is 0 Å². The molecule has 0 fully saturated rings. The first-order valence-electron chi connectivity index (χ1n) is 12.8. The van der Waals surface area contributed by atoms with Crippen molar-refractivity contribution in [1.82, 2.24) is 8.68 Å². The van der Waals surface area contributed by atoms with Gasteiger partial charge in [-0.15, -0.1) is 0 Å². The van der Waals surface area contributed by atoms with E-state index >= 15 is 4.57 Å². The Bertz CT molecular complexity index is 1910. The van der Waals surface area contributed by atoms with Crippen molar-refractivity contribution < 1.29 is 4.57 Å². The van der Waals surface area contributed by atoms with E-state index in [4.69, 9.17) is 0 Å². The van der Waals surface area contributed by atoms with E-state index < -0.39 is 7.44 Å². The Morgan fingerprint density at radius 3 is 1.32 bits per heavy atom. The maximum Gasteiger partial charge on any atom is 0.301 e. The summed E-state index contributed by atoms with van der Waals surface area (Å²) in [5.74, 6) is 0. The molecule has 7 aromatic rings. The van der Waals surface area contributed by atoms with Gasteiger partial charge in [0.15, 0.2) is 0 Å². The Morgan fingerprint density at radius 2 is 0.842 bits per heavy atom. The van der Waals surface area contributed by atoms with Gasteiger partial charge in [0.25, 0.3) is 0 Å². The molecular weight excluding hydrogens is 483 g/mol. The van der Waals surface area contributed by atoms with E-state index in [1.165, 1.54) is 0 Å². The molecule has 0 unspecified atom stereocenters. The maximum atomic E-state index is 15.9. The van der Waals surface area contributed by atoms with Crippen LogP contribution in [0.3, 0.4) is 0 Å². The van der Waals surface area contributed by atoms with E-state index in [0.717, 1.165) is 60.8 Å². The van der Waals surface area contributed by atoms with E-state index in [-0.39, 0.29) is 0 Å². The average molecular weight is 507 g/mol. The summed E-state index contributed by atoms with van der Waals surface area (Å²) in [6, 6.07) is 48.1. The highest BCUT2D eigenvalue weighted by atomic mass is 31.2. The largest absolute Gasteiger partial charge is 0.301 e. The molecule has 0 saturated carbocycles. The molecule has 0 atom stereocenters. The number of hydrogen-bond donors (Lipinski definition) is 0. The fraction of sp³-hybridized carbons (Fsp3) is 0. The highest BCUT2D eigenvalue weighted by molar-refractivity contribution is 7.69. The van der Waals surface area contributed by atoms with Gasteiger partial charge in [0.1, 0.15) is 0 Å². The van der Waals surface area contributed by atoms with Gasteiger partial charge in [-0.25, -0.2) is 0 Å². The molecular formula is C34H23N2OP. The Labute approximate surface area is 220 Å². The lowest BCUT2D eigenvalue weighted by Gasteiger charge is -2.22. The maximum absolute atomic E-state index is 15.9. The van der Waals surface area contributed by atoms with Gasteiger partial charge in [0.2, 0.25) is 0 Å². The van der Waals surface area contributed by atoms with Crippen LogP contribution in [0, 0.1) is 0 Å². The molecule has 8 rings (SSSR count). The molecule has 38 heavy (non-hydrogen) atoms. The molecule has 1 aliphatic heterocycles. The lowest BCUT2D eigenvalue weighted by Crippen LogP contribution is -2.15. The van der Waals surface area contributed by atoms with Gasteiger partial charge >= 0.3 is 7.44 Å². The molecule has 0 radical (unpaired) electrons. The van der Waals surface area contributed by atoms with Crippen molar-refractivity contribution >= 4 is 34.6 Å². The van der Waals surface area contributed by atoms with Crippen molar-refractivity contribution in [3.05, 3.63) is 140 Å². The summed E-state index contributed by atoms with van der Waals surface area (Å²) in [5.41, 5.74) is 8.30. The van der Waals surface area contributed by atoms with Gasteiger partial charge in [-0.3, -0.25) is 13.2 Å². The molecule has 0 spiro atoms. The van der Waals surface area contributed by atoms with Crippen molar-refractivity contribution in [1.29, 1.82) is 0 Å². The SMILES string of the molecule is O=P1(c2cc(-c3ccccc3)cc(-c3ccccc3)c2)n2c(cc3ccccc32)-c2cc3ccccc3n21. The summed E-state index contributed by atoms with van der Waals surface area (Å²) in [6.45, 7) is 0. The van der Waals surface area contributed by atoms with E-state index in [0.29, 0.717) is 0 Å². The van der Waals surface area contributed by atoms with Gasteiger partial charge in [0.05, 0.1) is 27.7 Å². The van der Waals surface area contributed by atoms with Crippen LogP contribution in [0.15, 0.2) is 140 Å². The number of fused-ring (bicyclic) bond motifs is 7. The van der Waals surface area contributed by atoms with Crippen LogP contribution in [-0.2, 0) is 4.57 Å². The second kappa shape index (κ2) is 7.95. The number of para-hydroxylation sites is 2. The van der Waals surface area contributed by atoms with Crippen LogP contribution in [-0.4, -0.2) is 8.68 Å². The molecule has 4 heteroatoms. The number of rotatable bonds is 3. The van der Waals surface area contributed by atoms with Crippen LogP contribution < -0.4 is 5.30 Å². The standard InChI is InChI=1S/C34H23N2OP/c37-38(30-20-28(24-11-3-1-4-12-24)19-29(21-30)25-13-5-2-6-14-25)35-31-17-9-7-15-26(31)22-33(35)34-23-27-16-8-10-18-32(27)36(34)38/h1-23H. The van der Waals surface area contributed by atoms with Crippen LogP contribution in [0.1, 0.15) is 0 Å². The molecule has 180 valence electrons. The van der Waals surface area contributed by atoms with E-state index in [1.807, 2.05) is 36.4 Å². The molecule has 3 heterocycles. The highest BCUT2D eigenvalue weighted by Gasteiger charge is 2.42. The molecule has 2 aromatic heterocycles. The Kier molecular flexibility index (Phi) is 4.50. The van der Waals surface area contributed by atoms with Crippen molar-refractivity contribution in [2.24, 2.45) is 0 Å². The first-order valence-corrected chi connectivity index (χ1v) is 14.4. The predicted molar refractivity (Wildman–Crippen MR) is 158 cm³/mol. The second-order valence-electron chi connectivity index (χ2n) is 9.85. The lowest BCUT2D eigenvalue weighted by atomic mass is 9.99. The summed E-state index contributed by atoms with van der Waals surface area (Å²) in [6.07, 6.45) is 0. The Balaban J connectivity index is 1.50. The first-order chi connectivity index (χ1) is 18.7. The molecule has 0 aliphatic carbocycles. The summed E-state index contributed by atoms with van der Waals surface area (Å²) >= 11 is 0. The number of benzene rings is 5. The number of hydrogen-bond acceptors (Lipinski definition) is 1. The van der Waals surface area contributed by atoms with E-state index in [1.54, 1.807) is 0 Å². The molecule has 0 amide bonds.